The summed E-state index contributed by atoms with van der Waals surface area (Å²) in [5.41, 5.74) is 7.69. The van der Waals surface area contributed by atoms with E-state index in [-0.39, 0.29) is 17.8 Å². The van der Waals surface area contributed by atoms with E-state index in [4.69, 9.17) is 5.73 Å². The number of nitrogens with one attached hydrogen (secondary N) is 1. The summed E-state index contributed by atoms with van der Waals surface area (Å²) in [5, 5.41) is 3.03. The number of thiophene rings is 1. The highest BCUT2D eigenvalue weighted by Gasteiger charge is 2.31. The standard InChI is InChI=1S/C17H19FN2OS/c1-10-8-15(17(21)20-14(9-19)11-2-3-11)22-16(10)12-4-6-13(18)7-5-12/h4-8,11,14H,2-3,9,19H2,1H3,(H,20,21). The molecule has 1 aliphatic rings. The second-order valence-electron chi connectivity index (χ2n) is 5.78. The Morgan fingerprint density at radius 2 is 2.09 bits per heavy atom. The lowest BCUT2D eigenvalue weighted by Gasteiger charge is -2.15. The van der Waals surface area contributed by atoms with Crippen LogP contribution in [0.2, 0.25) is 0 Å². The number of benzene rings is 1. The number of carbonyl (C=O) groups excluding carboxylic acids is 1. The highest BCUT2D eigenvalue weighted by Crippen LogP contribution is 2.34. The number of hydrogen-bond acceptors (Lipinski definition) is 3. The van der Waals surface area contributed by atoms with Crippen molar-refractivity contribution in [1.82, 2.24) is 5.32 Å². The van der Waals surface area contributed by atoms with Gasteiger partial charge >= 0.3 is 0 Å². The third-order valence-electron chi connectivity index (χ3n) is 4.01. The van der Waals surface area contributed by atoms with Gasteiger partial charge in [0.25, 0.3) is 5.91 Å². The third-order valence-corrected chi connectivity index (χ3v) is 5.29. The molecule has 3 rings (SSSR count). The Labute approximate surface area is 133 Å². The fourth-order valence-electron chi connectivity index (χ4n) is 2.59. The Morgan fingerprint density at radius 3 is 2.68 bits per heavy atom. The van der Waals surface area contributed by atoms with Crippen molar-refractivity contribution in [1.29, 1.82) is 0 Å². The molecule has 0 aliphatic heterocycles. The van der Waals surface area contributed by atoms with Crippen molar-refractivity contribution in [2.24, 2.45) is 11.7 Å². The maximum Gasteiger partial charge on any atom is 0.261 e. The Balaban J connectivity index is 1.79. The van der Waals surface area contributed by atoms with Gasteiger partial charge in [0.15, 0.2) is 0 Å². The summed E-state index contributed by atoms with van der Waals surface area (Å²) in [4.78, 5) is 14.1. The molecule has 1 amide bonds. The van der Waals surface area contributed by atoms with Crippen molar-refractivity contribution in [3.63, 3.8) is 0 Å². The minimum atomic E-state index is -0.258. The quantitative estimate of drug-likeness (QED) is 0.888. The van der Waals surface area contributed by atoms with E-state index < -0.39 is 0 Å². The number of halogens is 1. The van der Waals surface area contributed by atoms with E-state index in [1.54, 1.807) is 12.1 Å². The molecule has 3 nitrogen and oxygen atoms in total. The van der Waals surface area contributed by atoms with Gasteiger partial charge in [-0.25, -0.2) is 4.39 Å². The van der Waals surface area contributed by atoms with E-state index in [0.29, 0.717) is 17.3 Å². The van der Waals surface area contributed by atoms with Crippen molar-refractivity contribution in [2.45, 2.75) is 25.8 Å². The molecule has 1 atom stereocenters. The van der Waals surface area contributed by atoms with Crippen LogP contribution < -0.4 is 11.1 Å². The zero-order valence-corrected chi connectivity index (χ0v) is 13.3. The molecule has 1 aromatic carbocycles. The van der Waals surface area contributed by atoms with Gasteiger partial charge in [0.05, 0.1) is 4.88 Å². The molecule has 0 bridgehead atoms. The van der Waals surface area contributed by atoms with Gasteiger partial charge in [-0.2, -0.15) is 0 Å². The van der Waals surface area contributed by atoms with Crippen LogP contribution in [0, 0.1) is 18.7 Å². The predicted octanol–water partition coefficient (Wildman–Crippen LogP) is 3.33. The maximum absolute atomic E-state index is 13.0. The summed E-state index contributed by atoms with van der Waals surface area (Å²) in [7, 11) is 0. The maximum atomic E-state index is 13.0. The Kier molecular flexibility index (Phi) is 4.27. The second-order valence-corrected chi connectivity index (χ2v) is 6.83. The fourth-order valence-corrected chi connectivity index (χ4v) is 3.67. The number of rotatable bonds is 5. The lowest BCUT2D eigenvalue weighted by molar-refractivity contribution is 0.0937. The first kappa shape index (κ1) is 15.2. The number of aryl methyl sites for hydroxylation is 1. The predicted molar refractivity (Wildman–Crippen MR) is 87.5 cm³/mol. The molecule has 1 aromatic heterocycles. The summed E-state index contributed by atoms with van der Waals surface area (Å²) in [5.74, 6) is 0.210. The number of carbonyl (C=O) groups is 1. The summed E-state index contributed by atoms with van der Waals surface area (Å²) < 4.78 is 13.0. The van der Waals surface area contributed by atoms with E-state index in [0.717, 1.165) is 28.8 Å². The van der Waals surface area contributed by atoms with Crippen LogP contribution in [-0.4, -0.2) is 18.5 Å². The normalized spacial score (nSPS) is 15.6. The van der Waals surface area contributed by atoms with Gasteiger partial charge in [0.2, 0.25) is 0 Å². The molecule has 1 unspecified atom stereocenters. The molecule has 0 spiro atoms. The van der Waals surface area contributed by atoms with Crippen LogP contribution in [-0.2, 0) is 0 Å². The Hall–Kier alpha value is -1.72. The van der Waals surface area contributed by atoms with Crippen LogP contribution in [0.5, 0.6) is 0 Å². The molecule has 1 fully saturated rings. The highest BCUT2D eigenvalue weighted by molar-refractivity contribution is 7.17. The van der Waals surface area contributed by atoms with Crippen molar-refractivity contribution in [2.75, 3.05) is 6.54 Å². The molecule has 5 heteroatoms. The van der Waals surface area contributed by atoms with Crippen molar-refractivity contribution >= 4 is 17.2 Å². The van der Waals surface area contributed by atoms with Gasteiger partial charge in [-0.15, -0.1) is 11.3 Å². The minimum absolute atomic E-state index is 0.0659. The van der Waals surface area contributed by atoms with Gasteiger partial charge in [0.1, 0.15) is 5.82 Å². The lowest BCUT2D eigenvalue weighted by atomic mass is 10.1. The molecule has 1 heterocycles. The summed E-state index contributed by atoms with van der Waals surface area (Å²) in [6, 6.07) is 8.31. The molecule has 0 radical (unpaired) electrons. The van der Waals surface area contributed by atoms with Crippen LogP contribution >= 0.6 is 11.3 Å². The van der Waals surface area contributed by atoms with Crippen molar-refractivity contribution in [3.05, 3.63) is 46.6 Å². The first-order valence-corrected chi connectivity index (χ1v) is 8.27. The molecular weight excluding hydrogens is 299 g/mol. The SMILES string of the molecule is Cc1cc(C(=O)NC(CN)C2CC2)sc1-c1ccc(F)cc1. The van der Waals surface area contributed by atoms with E-state index in [1.165, 1.54) is 23.5 Å². The Bertz CT molecular complexity index is 676. The molecular formula is C17H19FN2OS. The number of amides is 1. The topological polar surface area (TPSA) is 55.1 Å². The van der Waals surface area contributed by atoms with Crippen molar-refractivity contribution in [3.8, 4) is 10.4 Å². The smallest absolute Gasteiger partial charge is 0.261 e. The van der Waals surface area contributed by atoms with Crippen LogP contribution in [0.3, 0.4) is 0 Å². The minimum Gasteiger partial charge on any atom is -0.347 e. The van der Waals surface area contributed by atoms with E-state index in [9.17, 15) is 9.18 Å². The lowest BCUT2D eigenvalue weighted by Crippen LogP contribution is -2.41. The zero-order chi connectivity index (χ0) is 15.7. The summed E-state index contributed by atoms with van der Waals surface area (Å²) >= 11 is 1.44. The van der Waals surface area contributed by atoms with Gasteiger partial charge in [-0.3, -0.25) is 4.79 Å². The van der Waals surface area contributed by atoms with E-state index in [1.807, 2.05) is 13.0 Å². The molecule has 22 heavy (non-hydrogen) atoms. The van der Waals surface area contributed by atoms with Crippen LogP contribution in [0.1, 0.15) is 28.1 Å². The van der Waals surface area contributed by atoms with Crippen LogP contribution in [0.15, 0.2) is 30.3 Å². The molecule has 1 saturated carbocycles. The largest absolute Gasteiger partial charge is 0.347 e. The summed E-state index contributed by atoms with van der Waals surface area (Å²) in [6.07, 6.45) is 2.29. The first-order valence-electron chi connectivity index (χ1n) is 7.46. The third kappa shape index (κ3) is 3.20. The van der Waals surface area contributed by atoms with Gasteiger partial charge in [0, 0.05) is 17.5 Å². The number of nitrogens with two attached hydrogens (primary N) is 1. The highest BCUT2D eigenvalue weighted by atomic mass is 32.1. The monoisotopic (exact) mass is 318 g/mol. The van der Waals surface area contributed by atoms with E-state index >= 15 is 0 Å². The fraction of sp³-hybridized carbons (Fsp3) is 0.353. The van der Waals surface area contributed by atoms with Gasteiger partial charge in [-0.1, -0.05) is 12.1 Å². The van der Waals surface area contributed by atoms with Crippen molar-refractivity contribution < 1.29 is 9.18 Å². The zero-order valence-electron chi connectivity index (χ0n) is 12.4. The molecule has 2 aromatic rings. The molecule has 116 valence electrons. The first-order chi connectivity index (χ1) is 10.6. The summed E-state index contributed by atoms with van der Waals surface area (Å²) in [6.45, 7) is 2.44. The molecule has 3 N–H and O–H groups in total. The van der Waals surface area contributed by atoms with Crippen LogP contribution in [0.4, 0.5) is 4.39 Å². The van der Waals surface area contributed by atoms with Crippen LogP contribution in [0.25, 0.3) is 10.4 Å². The second kappa shape index (κ2) is 6.18. The average molecular weight is 318 g/mol. The molecule has 0 saturated heterocycles. The van der Waals surface area contributed by atoms with Gasteiger partial charge in [-0.05, 0) is 55.0 Å². The average Bonchev–Trinajstić information content (AvgIpc) is 3.28. The number of hydrogen-bond donors (Lipinski definition) is 2. The molecule has 1 aliphatic carbocycles. The van der Waals surface area contributed by atoms with Gasteiger partial charge < -0.3 is 11.1 Å². The Morgan fingerprint density at radius 1 is 1.41 bits per heavy atom. The van der Waals surface area contributed by atoms with E-state index in [2.05, 4.69) is 5.32 Å².